The molecule has 1 unspecified atom stereocenters. The highest BCUT2D eigenvalue weighted by atomic mass is 32.2. The lowest BCUT2D eigenvalue weighted by atomic mass is 10.2. The van der Waals surface area contributed by atoms with E-state index in [0.29, 0.717) is 6.54 Å². The van der Waals surface area contributed by atoms with Gasteiger partial charge in [-0.1, -0.05) is 42.1 Å². The smallest absolute Gasteiger partial charge is 0.238 e. The molecule has 3 rings (SSSR count). The zero-order valence-corrected chi connectivity index (χ0v) is 14.4. The van der Waals surface area contributed by atoms with Gasteiger partial charge in [-0.05, 0) is 37.1 Å². The number of hydrogen-bond acceptors (Lipinski definition) is 4. The minimum absolute atomic E-state index is 0.0332. The molecule has 1 heterocycles. The van der Waals surface area contributed by atoms with E-state index in [-0.39, 0.29) is 12.0 Å². The van der Waals surface area contributed by atoms with Gasteiger partial charge in [0.1, 0.15) is 0 Å². The third kappa shape index (κ3) is 5.09. The third-order valence-corrected chi connectivity index (χ3v) is 4.90. The summed E-state index contributed by atoms with van der Waals surface area (Å²) in [4.78, 5) is 14.4. The first-order valence-corrected chi connectivity index (χ1v) is 9.07. The summed E-state index contributed by atoms with van der Waals surface area (Å²) in [5.41, 5.74) is 0.843. The Morgan fingerprint density at radius 2 is 1.92 bits per heavy atom. The molecule has 2 aromatic carbocycles. The Bertz CT molecular complexity index is 657. The number of carbonyl (C=O) groups excluding carboxylic acids is 1. The summed E-state index contributed by atoms with van der Waals surface area (Å²) in [6, 6.07) is 18.0. The molecule has 0 bridgehead atoms. The highest BCUT2D eigenvalue weighted by Gasteiger charge is 2.15. The van der Waals surface area contributed by atoms with Crippen LogP contribution in [0.15, 0.2) is 64.4 Å². The lowest BCUT2D eigenvalue weighted by Gasteiger charge is -2.13. The number of ether oxygens (including phenoxy) is 1. The first-order valence-electron chi connectivity index (χ1n) is 8.25. The quantitative estimate of drug-likeness (QED) is 0.808. The lowest BCUT2D eigenvalue weighted by Crippen LogP contribution is -2.33. The van der Waals surface area contributed by atoms with Crippen LogP contribution in [-0.2, 0) is 9.53 Å². The Balaban J connectivity index is 1.53. The van der Waals surface area contributed by atoms with Crippen LogP contribution in [0, 0.1) is 0 Å². The molecule has 2 N–H and O–H groups in total. The molecule has 0 saturated carbocycles. The van der Waals surface area contributed by atoms with Gasteiger partial charge in [0.25, 0.3) is 0 Å². The molecule has 0 aliphatic carbocycles. The van der Waals surface area contributed by atoms with Crippen LogP contribution in [0.2, 0.25) is 0 Å². The second kappa shape index (κ2) is 8.87. The van der Waals surface area contributed by atoms with Gasteiger partial charge in [0.15, 0.2) is 0 Å². The van der Waals surface area contributed by atoms with E-state index in [1.807, 2.05) is 42.5 Å². The Morgan fingerprint density at radius 1 is 1.12 bits per heavy atom. The molecule has 0 aromatic heterocycles. The molecule has 1 fully saturated rings. The minimum atomic E-state index is -0.0332. The highest BCUT2D eigenvalue weighted by Crippen LogP contribution is 2.33. The van der Waals surface area contributed by atoms with Crippen molar-refractivity contribution in [3.05, 3.63) is 54.6 Å². The fourth-order valence-electron chi connectivity index (χ4n) is 2.62. The van der Waals surface area contributed by atoms with Gasteiger partial charge in [-0.25, -0.2) is 0 Å². The average molecular weight is 342 g/mol. The van der Waals surface area contributed by atoms with Crippen molar-refractivity contribution in [2.24, 2.45) is 0 Å². The molecule has 5 heteroatoms. The van der Waals surface area contributed by atoms with E-state index < -0.39 is 0 Å². The molecule has 1 saturated heterocycles. The fourth-order valence-corrected chi connectivity index (χ4v) is 3.54. The van der Waals surface area contributed by atoms with Crippen molar-refractivity contribution in [2.45, 2.75) is 28.7 Å². The number of amides is 1. The monoisotopic (exact) mass is 342 g/mol. The Hall–Kier alpha value is -1.82. The van der Waals surface area contributed by atoms with Crippen molar-refractivity contribution in [3.8, 4) is 0 Å². The van der Waals surface area contributed by atoms with Crippen LogP contribution in [0.3, 0.4) is 0 Å². The van der Waals surface area contributed by atoms with E-state index in [1.165, 1.54) is 0 Å². The number of benzene rings is 2. The maximum absolute atomic E-state index is 12.2. The summed E-state index contributed by atoms with van der Waals surface area (Å²) in [6.45, 7) is 1.86. The second-order valence-corrected chi connectivity index (χ2v) is 6.84. The van der Waals surface area contributed by atoms with Crippen molar-refractivity contribution >= 4 is 23.4 Å². The molecule has 0 radical (unpaired) electrons. The van der Waals surface area contributed by atoms with E-state index in [9.17, 15) is 4.79 Å². The first-order chi connectivity index (χ1) is 11.8. The summed E-state index contributed by atoms with van der Waals surface area (Å²) in [5.74, 6) is -0.0332. The number of carbonyl (C=O) groups is 1. The normalized spacial score (nSPS) is 16.9. The van der Waals surface area contributed by atoms with Crippen LogP contribution in [0.25, 0.3) is 0 Å². The maximum Gasteiger partial charge on any atom is 0.238 e. The van der Waals surface area contributed by atoms with Gasteiger partial charge < -0.3 is 15.4 Å². The van der Waals surface area contributed by atoms with E-state index >= 15 is 0 Å². The molecule has 126 valence electrons. The average Bonchev–Trinajstić information content (AvgIpc) is 3.11. The first kappa shape index (κ1) is 17.0. The zero-order chi connectivity index (χ0) is 16.6. The van der Waals surface area contributed by atoms with Gasteiger partial charge in [0.05, 0.1) is 18.3 Å². The Labute approximate surface area is 147 Å². The molecule has 0 spiro atoms. The molecule has 24 heavy (non-hydrogen) atoms. The molecule has 1 atom stereocenters. The van der Waals surface area contributed by atoms with Crippen LogP contribution in [0.4, 0.5) is 5.69 Å². The van der Waals surface area contributed by atoms with Gasteiger partial charge in [-0.3, -0.25) is 4.79 Å². The van der Waals surface area contributed by atoms with Crippen molar-refractivity contribution < 1.29 is 9.53 Å². The predicted octanol–water partition coefficient (Wildman–Crippen LogP) is 3.54. The number of hydrogen-bond donors (Lipinski definition) is 2. The highest BCUT2D eigenvalue weighted by molar-refractivity contribution is 7.99. The van der Waals surface area contributed by atoms with E-state index in [1.54, 1.807) is 11.8 Å². The number of para-hydroxylation sites is 1. The van der Waals surface area contributed by atoms with Crippen LogP contribution < -0.4 is 10.6 Å². The SMILES string of the molecule is O=C(CNCC1CCCO1)Nc1ccccc1Sc1ccccc1. The topological polar surface area (TPSA) is 50.4 Å². The molecule has 1 aliphatic rings. The third-order valence-electron chi connectivity index (χ3n) is 3.81. The van der Waals surface area contributed by atoms with Crippen LogP contribution in [-0.4, -0.2) is 31.7 Å². The molecule has 4 nitrogen and oxygen atoms in total. The van der Waals surface area contributed by atoms with Gasteiger partial charge in [0.2, 0.25) is 5.91 Å². The summed E-state index contributed by atoms with van der Waals surface area (Å²) in [7, 11) is 0. The van der Waals surface area contributed by atoms with Gasteiger partial charge in [-0.2, -0.15) is 0 Å². The number of nitrogens with one attached hydrogen (secondary N) is 2. The van der Waals surface area contributed by atoms with Crippen molar-refractivity contribution in [1.29, 1.82) is 0 Å². The largest absolute Gasteiger partial charge is 0.377 e. The standard InChI is InChI=1S/C19H22N2O2S/c22-19(14-20-13-15-7-6-12-23-15)21-17-10-4-5-11-18(17)24-16-8-2-1-3-9-16/h1-5,8-11,15,20H,6-7,12-14H2,(H,21,22). The van der Waals surface area contributed by atoms with E-state index in [0.717, 1.165) is 41.5 Å². The molecule has 1 aliphatic heterocycles. The van der Waals surface area contributed by atoms with E-state index in [4.69, 9.17) is 4.74 Å². The fraction of sp³-hybridized carbons (Fsp3) is 0.316. The number of anilines is 1. The predicted molar refractivity (Wildman–Crippen MR) is 97.5 cm³/mol. The van der Waals surface area contributed by atoms with Crippen LogP contribution >= 0.6 is 11.8 Å². The maximum atomic E-state index is 12.2. The van der Waals surface area contributed by atoms with Crippen molar-refractivity contribution in [2.75, 3.05) is 25.0 Å². The van der Waals surface area contributed by atoms with Crippen molar-refractivity contribution in [3.63, 3.8) is 0 Å². The summed E-state index contributed by atoms with van der Waals surface area (Å²) in [5, 5.41) is 6.17. The summed E-state index contributed by atoms with van der Waals surface area (Å²) < 4.78 is 5.54. The Morgan fingerprint density at radius 3 is 2.71 bits per heavy atom. The van der Waals surface area contributed by atoms with Crippen LogP contribution in [0.5, 0.6) is 0 Å². The summed E-state index contributed by atoms with van der Waals surface area (Å²) in [6.07, 6.45) is 2.44. The molecular weight excluding hydrogens is 320 g/mol. The van der Waals surface area contributed by atoms with Crippen LogP contribution in [0.1, 0.15) is 12.8 Å². The minimum Gasteiger partial charge on any atom is -0.377 e. The number of rotatable bonds is 7. The molecular formula is C19H22N2O2S. The Kier molecular flexibility index (Phi) is 6.29. The van der Waals surface area contributed by atoms with E-state index in [2.05, 4.69) is 22.8 Å². The molecule has 2 aromatic rings. The van der Waals surface area contributed by atoms with Gasteiger partial charge >= 0.3 is 0 Å². The lowest BCUT2D eigenvalue weighted by molar-refractivity contribution is -0.115. The second-order valence-electron chi connectivity index (χ2n) is 5.73. The summed E-state index contributed by atoms with van der Waals surface area (Å²) >= 11 is 1.65. The van der Waals surface area contributed by atoms with Gasteiger partial charge in [0, 0.05) is 22.9 Å². The van der Waals surface area contributed by atoms with Crippen molar-refractivity contribution in [1.82, 2.24) is 5.32 Å². The molecule has 1 amide bonds. The van der Waals surface area contributed by atoms with Gasteiger partial charge in [-0.15, -0.1) is 0 Å². The zero-order valence-electron chi connectivity index (χ0n) is 13.5.